The molecular formula is C35H57N2O5+. The van der Waals surface area contributed by atoms with Crippen molar-refractivity contribution in [1.29, 1.82) is 0 Å². The van der Waals surface area contributed by atoms with Crippen LogP contribution in [0, 0.1) is 34.5 Å². The molecule has 0 amide bonds. The second-order valence-electron chi connectivity index (χ2n) is 15.8. The topological polar surface area (TPSA) is 76.1 Å². The molecule has 4 aliphatic carbocycles. The lowest BCUT2D eigenvalue weighted by Crippen LogP contribution is -2.61. The first-order valence-electron chi connectivity index (χ1n) is 17.2. The van der Waals surface area contributed by atoms with Crippen LogP contribution in [0.15, 0.2) is 12.7 Å². The molecule has 0 aromatic carbocycles. The van der Waals surface area contributed by atoms with Crippen molar-refractivity contribution in [3.05, 3.63) is 12.7 Å². The maximum absolute atomic E-state index is 12.6. The molecule has 42 heavy (non-hydrogen) atoms. The lowest BCUT2D eigenvalue weighted by atomic mass is 9.44. The van der Waals surface area contributed by atoms with Gasteiger partial charge in [-0.15, -0.1) is 0 Å². The maximum Gasteiger partial charge on any atom is 0.303 e. The van der Waals surface area contributed by atoms with Crippen LogP contribution in [0.25, 0.3) is 0 Å². The molecule has 2 aliphatic heterocycles. The monoisotopic (exact) mass is 585 g/mol. The number of aliphatic hydroxyl groups is 1. The van der Waals surface area contributed by atoms with E-state index in [1.54, 1.807) is 13.8 Å². The van der Waals surface area contributed by atoms with Crippen molar-refractivity contribution in [2.45, 2.75) is 129 Å². The van der Waals surface area contributed by atoms with Crippen LogP contribution in [-0.4, -0.2) is 89.5 Å². The molecule has 0 spiro atoms. The zero-order chi connectivity index (χ0) is 29.9. The van der Waals surface area contributed by atoms with Crippen molar-refractivity contribution in [2.24, 2.45) is 34.5 Å². The Morgan fingerprint density at radius 1 is 0.952 bits per heavy atom. The number of aliphatic hydroxyl groups excluding tert-OH is 1. The number of nitrogens with zero attached hydrogens (tertiary/aromatic N) is 2. The number of esters is 2. The Morgan fingerprint density at radius 2 is 1.64 bits per heavy atom. The Bertz CT molecular complexity index is 1030. The summed E-state index contributed by atoms with van der Waals surface area (Å²) < 4.78 is 13.5. The molecule has 0 aromatic rings. The van der Waals surface area contributed by atoms with Crippen LogP contribution >= 0.6 is 0 Å². The quantitative estimate of drug-likeness (QED) is 0.266. The average Bonchev–Trinajstić information content (AvgIpc) is 3.52. The second-order valence-corrected chi connectivity index (χ2v) is 15.8. The van der Waals surface area contributed by atoms with Gasteiger partial charge in [-0.3, -0.25) is 14.5 Å². The predicted octanol–water partition coefficient (Wildman–Crippen LogP) is 5.10. The largest absolute Gasteiger partial charge is 0.461 e. The number of quaternary nitrogens is 1. The number of hydrogen-bond donors (Lipinski definition) is 1. The molecule has 7 nitrogen and oxygen atoms in total. The first-order chi connectivity index (χ1) is 20.0. The van der Waals surface area contributed by atoms with E-state index in [4.69, 9.17) is 9.47 Å². The highest BCUT2D eigenvalue weighted by molar-refractivity contribution is 5.66. The minimum atomic E-state index is -0.210. The number of piperidine rings is 1. The van der Waals surface area contributed by atoms with E-state index >= 15 is 0 Å². The smallest absolute Gasteiger partial charge is 0.303 e. The Hall–Kier alpha value is -1.44. The molecule has 10 atom stereocenters. The summed E-state index contributed by atoms with van der Waals surface area (Å²) in [6.45, 7) is 17.5. The number of ether oxygens (including phenoxy) is 2. The summed E-state index contributed by atoms with van der Waals surface area (Å²) in [7, 11) is 0. The summed E-state index contributed by atoms with van der Waals surface area (Å²) in [5.74, 6) is 2.14. The van der Waals surface area contributed by atoms with E-state index in [-0.39, 0.29) is 47.1 Å². The zero-order valence-corrected chi connectivity index (χ0v) is 26.8. The lowest BCUT2D eigenvalue weighted by molar-refractivity contribution is -0.937. The van der Waals surface area contributed by atoms with Gasteiger partial charge in [-0.2, -0.15) is 0 Å². The number of carbonyl (C=O) groups is 2. The summed E-state index contributed by atoms with van der Waals surface area (Å²) in [4.78, 5) is 27.3. The molecule has 6 aliphatic rings. The van der Waals surface area contributed by atoms with Crippen molar-refractivity contribution >= 4 is 11.9 Å². The molecule has 236 valence electrons. The Balaban J connectivity index is 1.30. The Morgan fingerprint density at radius 3 is 2.29 bits per heavy atom. The fraction of sp³-hybridized carbons (Fsp3) is 0.886. The number of likely N-dealkylation sites (tertiary alicyclic amines) is 2. The molecule has 7 heteroatoms. The standard InChI is InChI=1S/C35H57N2O5/c1-6-17-37(18-7-8-19-37)31-21-29-27-10-9-25-20-32(41-23(2)38)30(36-15-12-26(40)13-16-36)22-35(25,5)28(27)11-14-34(29,4)33(31)42-24(3)39/h6,25-33,40H,1,7-22H2,2-5H3/q+1/t25-,27+,28-,29-,30-,31-,32-,33-,34-,35-/m0/s1. The number of carbonyl (C=O) groups excluding carboxylic acids is 2. The zero-order valence-electron chi connectivity index (χ0n) is 26.8. The normalized spacial score (nSPS) is 45.4. The third kappa shape index (κ3) is 5.07. The van der Waals surface area contributed by atoms with Gasteiger partial charge >= 0.3 is 11.9 Å². The van der Waals surface area contributed by atoms with Crippen molar-refractivity contribution in [2.75, 3.05) is 32.7 Å². The molecule has 2 heterocycles. The van der Waals surface area contributed by atoms with E-state index in [9.17, 15) is 14.7 Å². The van der Waals surface area contributed by atoms with Gasteiger partial charge in [0.15, 0.2) is 6.10 Å². The van der Waals surface area contributed by atoms with Crippen molar-refractivity contribution in [1.82, 2.24) is 4.90 Å². The molecule has 0 unspecified atom stereocenters. The minimum Gasteiger partial charge on any atom is -0.461 e. The van der Waals surface area contributed by atoms with Gasteiger partial charge in [0, 0.05) is 57.7 Å². The molecule has 0 radical (unpaired) electrons. The fourth-order valence-electron chi connectivity index (χ4n) is 11.9. The molecule has 0 aromatic heterocycles. The third-order valence-electron chi connectivity index (χ3n) is 13.8. The van der Waals surface area contributed by atoms with E-state index in [1.807, 2.05) is 0 Å². The van der Waals surface area contributed by atoms with Gasteiger partial charge in [0.05, 0.1) is 25.7 Å². The summed E-state index contributed by atoms with van der Waals surface area (Å²) in [6.07, 6.45) is 13.9. The Labute approximate surface area is 253 Å². The fourth-order valence-corrected chi connectivity index (χ4v) is 11.9. The highest BCUT2D eigenvalue weighted by Crippen LogP contribution is 2.68. The van der Waals surface area contributed by atoms with Gasteiger partial charge in [0.1, 0.15) is 12.1 Å². The van der Waals surface area contributed by atoms with Crippen LogP contribution in [0.3, 0.4) is 0 Å². The van der Waals surface area contributed by atoms with Crippen molar-refractivity contribution < 1.29 is 28.7 Å². The van der Waals surface area contributed by atoms with Crippen LogP contribution in [0.5, 0.6) is 0 Å². The summed E-state index contributed by atoms with van der Waals surface area (Å²) in [5.41, 5.74) is 0.227. The van der Waals surface area contributed by atoms with E-state index in [1.165, 1.54) is 45.2 Å². The number of rotatable bonds is 6. The maximum atomic E-state index is 12.6. The van der Waals surface area contributed by atoms with Gasteiger partial charge in [-0.1, -0.05) is 20.4 Å². The molecule has 6 rings (SSSR count). The highest BCUT2D eigenvalue weighted by atomic mass is 16.5. The van der Waals surface area contributed by atoms with E-state index < -0.39 is 0 Å². The number of hydrogen-bond acceptors (Lipinski definition) is 6. The third-order valence-corrected chi connectivity index (χ3v) is 13.8. The van der Waals surface area contributed by atoms with Crippen LogP contribution in [-0.2, 0) is 19.1 Å². The first kappa shape index (κ1) is 30.6. The molecule has 6 fully saturated rings. The van der Waals surface area contributed by atoms with E-state index in [0.717, 1.165) is 62.6 Å². The molecule has 0 bridgehead atoms. The lowest BCUT2D eigenvalue weighted by Gasteiger charge is -2.62. The van der Waals surface area contributed by atoms with E-state index in [0.29, 0.717) is 29.7 Å². The van der Waals surface area contributed by atoms with Gasteiger partial charge in [-0.25, -0.2) is 0 Å². The van der Waals surface area contributed by atoms with Crippen molar-refractivity contribution in [3.8, 4) is 0 Å². The van der Waals surface area contributed by atoms with Crippen LogP contribution in [0.1, 0.15) is 98.3 Å². The van der Waals surface area contributed by atoms with Crippen molar-refractivity contribution in [3.63, 3.8) is 0 Å². The predicted molar refractivity (Wildman–Crippen MR) is 162 cm³/mol. The van der Waals surface area contributed by atoms with Crippen LogP contribution < -0.4 is 0 Å². The van der Waals surface area contributed by atoms with Gasteiger partial charge in [-0.05, 0) is 86.5 Å². The average molecular weight is 586 g/mol. The minimum absolute atomic E-state index is 0.0169. The summed E-state index contributed by atoms with van der Waals surface area (Å²) >= 11 is 0. The van der Waals surface area contributed by atoms with Gasteiger partial charge < -0.3 is 19.1 Å². The van der Waals surface area contributed by atoms with Crippen LogP contribution in [0.4, 0.5) is 0 Å². The van der Waals surface area contributed by atoms with Gasteiger partial charge in [0.2, 0.25) is 0 Å². The SMILES string of the molecule is C=CC[N+]1([C@H]2C[C@H]3[C@@H]4CC[C@H]5C[C@H](OC(C)=O)[C@@H](N6CCC(O)CC6)C[C@]5(C)[C@H]4CC[C@]3(C)[C@H]2OC(C)=O)CCCC1. The molecule has 1 N–H and O–H groups in total. The molecule has 4 saturated carbocycles. The van der Waals surface area contributed by atoms with Crippen LogP contribution in [0.2, 0.25) is 0 Å². The number of fused-ring (bicyclic) bond motifs is 5. The second kappa shape index (κ2) is 11.5. The van der Waals surface area contributed by atoms with Gasteiger partial charge in [0.25, 0.3) is 0 Å². The van der Waals surface area contributed by atoms with E-state index in [2.05, 4.69) is 31.4 Å². The molecule has 2 saturated heterocycles. The highest BCUT2D eigenvalue weighted by Gasteiger charge is 2.67. The summed E-state index contributed by atoms with van der Waals surface area (Å²) in [6, 6.07) is 0.590. The first-order valence-corrected chi connectivity index (χ1v) is 17.2. The summed E-state index contributed by atoms with van der Waals surface area (Å²) in [5, 5.41) is 10.2. The Kier molecular flexibility index (Phi) is 8.36. The molecular weight excluding hydrogens is 528 g/mol.